The first-order chi connectivity index (χ1) is 7.91. The highest BCUT2D eigenvalue weighted by Crippen LogP contribution is 2.53. The van der Waals surface area contributed by atoms with E-state index in [2.05, 4.69) is 15.9 Å². The third-order valence-corrected chi connectivity index (χ3v) is 2.74. The molecule has 0 aliphatic rings. The summed E-state index contributed by atoms with van der Waals surface area (Å²) in [4.78, 5) is 0. The van der Waals surface area contributed by atoms with Crippen LogP contribution in [0.25, 0.3) is 0 Å². The van der Waals surface area contributed by atoms with E-state index in [1.165, 1.54) is 0 Å². The van der Waals surface area contributed by atoms with Crippen LogP contribution in [0.3, 0.4) is 0 Å². The molecule has 0 atom stereocenters. The summed E-state index contributed by atoms with van der Waals surface area (Å²) in [5.74, 6) is -1.43. The van der Waals surface area contributed by atoms with E-state index in [0.29, 0.717) is 6.07 Å². The zero-order chi connectivity index (χ0) is 14.4. The van der Waals surface area contributed by atoms with E-state index >= 15 is 0 Å². The lowest BCUT2D eigenvalue weighted by molar-refractivity contribution is -0.348. The zero-order valence-corrected chi connectivity index (χ0v) is 9.72. The Balaban J connectivity index is 3.51. The molecular weight excluding hydrogens is 340 g/mol. The van der Waals surface area contributed by atoms with Crippen molar-refractivity contribution in [3.63, 3.8) is 0 Å². The molecule has 0 aliphatic heterocycles. The lowest BCUT2D eigenvalue weighted by Gasteiger charge is -2.30. The smallest absolute Gasteiger partial charge is 0.218 e. The Labute approximate surface area is 104 Å². The van der Waals surface area contributed by atoms with Gasteiger partial charge in [-0.15, -0.1) is 0 Å². The molecule has 18 heavy (non-hydrogen) atoms. The molecule has 0 spiro atoms. The predicted molar refractivity (Wildman–Crippen MR) is 49.0 cm³/mol. The molecule has 1 aromatic rings. The highest BCUT2D eigenvalue weighted by Gasteiger charge is 2.73. The molecule has 9 heteroatoms. The average molecular weight is 343 g/mol. The molecule has 1 aromatic carbocycles. The summed E-state index contributed by atoms with van der Waals surface area (Å²) in [6, 6.07) is 0.635. The summed E-state index contributed by atoms with van der Waals surface area (Å²) in [5, 5.41) is 0. The van der Waals surface area contributed by atoms with E-state index < -0.39 is 29.4 Å². The standard InChI is InChI=1S/C9H3BrF8/c10-5-2-1-4(3-6(5)11)7(12,8(13,14)15)9(16,17)18/h1-3H. The Morgan fingerprint density at radius 2 is 1.28 bits per heavy atom. The van der Waals surface area contributed by atoms with E-state index in [-0.39, 0.29) is 16.6 Å². The minimum absolute atomic E-state index is 0.148. The summed E-state index contributed by atoms with van der Waals surface area (Å²) < 4.78 is 99.7. The molecule has 0 saturated heterocycles. The van der Waals surface area contributed by atoms with Gasteiger partial charge in [0.05, 0.1) is 4.47 Å². The van der Waals surface area contributed by atoms with Crippen LogP contribution in [-0.2, 0) is 5.67 Å². The molecule has 0 unspecified atom stereocenters. The highest BCUT2D eigenvalue weighted by molar-refractivity contribution is 9.10. The minimum atomic E-state index is -6.24. The van der Waals surface area contributed by atoms with Gasteiger partial charge in [0.25, 0.3) is 0 Å². The zero-order valence-electron chi connectivity index (χ0n) is 8.13. The van der Waals surface area contributed by atoms with E-state index in [0.717, 1.165) is 0 Å². The first-order valence-electron chi connectivity index (χ1n) is 4.19. The topological polar surface area (TPSA) is 0 Å². The summed E-state index contributed by atoms with van der Waals surface area (Å²) >= 11 is 2.54. The van der Waals surface area contributed by atoms with Gasteiger partial charge in [-0.3, -0.25) is 0 Å². The Hall–Kier alpha value is -0.860. The SMILES string of the molecule is Fc1cc(C(F)(C(F)(F)F)C(F)(F)F)ccc1Br. The minimum Gasteiger partial charge on any atom is -0.218 e. The number of rotatable bonds is 1. The monoisotopic (exact) mass is 342 g/mol. The van der Waals surface area contributed by atoms with Gasteiger partial charge in [-0.05, 0) is 28.1 Å². The number of alkyl halides is 7. The molecule has 0 aromatic heterocycles. The Bertz CT molecular complexity index is 433. The van der Waals surface area contributed by atoms with Crippen LogP contribution < -0.4 is 0 Å². The van der Waals surface area contributed by atoms with Crippen molar-refractivity contribution in [2.24, 2.45) is 0 Å². The van der Waals surface area contributed by atoms with Crippen LogP contribution in [0.15, 0.2) is 22.7 Å². The third kappa shape index (κ3) is 2.32. The lowest BCUT2D eigenvalue weighted by Crippen LogP contribution is -2.50. The van der Waals surface area contributed by atoms with Crippen molar-refractivity contribution in [1.82, 2.24) is 0 Å². The maximum atomic E-state index is 13.4. The normalized spacial score (nSPS) is 13.8. The molecule has 1 rings (SSSR count). The van der Waals surface area contributed by atoms with Crippen molar-refractivity contribution in [3.8, 4) is 0 Å². The van der Waals surface area contributed by atoms with E-state index in [9.17, 15) is 35.1 Å². The number of halogens is 9. The average Bonchev–Trinajstić information content (AvgIpc) is 2.17. The van der Waals surface area contributed by atoms with Crippen molar-refractivity contribution in [1.29, 1.82) is 0 Å². The van der Waals surface area contributed by atoms with Gasteiger partial charge < -0.3 is 0 Å². The summed E-state index contributed by atoms with van der Waals surface area (Å²) in [6.45, 7) is 0. The fraction of sp³-hybridized carbons (Fsp3) is 0.333. The number of benzene rings is 1. The molecule has 0 saturated carbocycles. The Morgan fingerprint density at radius 3 is 1.61 bits per heavy atom. The predicted octanol–water partition coefficient (Wildman–Crippen LogP) is 4.88. The molecule has 0 N–H and O–H groups in total. The molecule has 0 amide bonds. The van der Waals surface area contributed by atoms with Gasteiger partial charge in [0.2, 0.25) is 0 Å². The van der Waals surface area contributed by atoms with Gasteiger partial charge in [-0.25, -0.2) is 8.78 Å². The van der Waals surface area contributed by atoms with Crippen LogP contribution in [-0.4, -0.2) is 12.4 Å². The van der Waals surface area contributed by atoms with Gasteiger partial charge in [0.15, 0.2) is 0 Å². The van der Waals surface area contributed by atoms with Gasteiger partial charge in [-0.2, -0.15) is 26.3 Å². The van der Waals surface area contributed by atoms with Crippen LogP contribution in [0.5, 0.6) is 0 Å². The second-order valence-corrected chi connectivity index (χ2v) is 4.14. The molecule has 102 valence electrons. The Kier molecular flexibility index (Phi) is 3.68. The molecule has 0 aliphatic carbocycles. The van der Waals surface area contributed by atoms with Crippen LogP contribution in [0, 0.1) is 5.82 Å². The largest absolute Gasteiger partial charge is 0.435 e. The van der Waals surface area contributed by atoms with Gasteiger partial charge in [0.1, 0.15) is 5.82 Å². The van der Waals surface area contributed by atoms with E-state index in [1.54, 1.807) is 0 Å². The van der Waals surface area contributed by atoms with Crippen molar-refractivity contribution < 1.29 is 35.1 Å². The molecule has 0 bridgehead atoms. The fourth-order valence-electron chi connectivity index (χ4n) is 1.20. The third-order valence-electron chi connectivity index (χ3n) is 2.10. The second-order valence-electron chi connectivity index (χ2n) is 3.28. The first-order valence-corrected chi connectivity index (χ1v) is 4.98. The van der Waals surface area contributed by atoms with Crippen LogP contribution in [0.2, 0.25) is 0 Å². The molecule has 0 fully saturated rings. The van der Waals surface area contributed by atoms with E-state index in [4.69, 9.17) is 0 Å². The summed E-state index contributed by atoms with van der Waals surface area (Å²) in [5.41, 5.74) is -7.47. The van der Waals surface area contributed by atoms with Crippen LogP contribution >= 0.6 is 15.9 Å². The van der Waals surface area contributed by atoms with Crippen molar-refractivity contribution in [2.75, 3.05) is 0 Å². The van der Waals surface area contributed by atoms with Crippen LogP contribution in [0.1, 0.15) is 5.56 Å². The van der Waals surface area contributed by atoms with Crippen LogP contribution in [0.4, 0.5) is 35.1 Å². The summed E-state index contributed by atoms with van der Waals surface area (Å²) in [7, 11) is 0. The number of hydrogen-bond acceptors (Lipinski definition) is 0. The molecule has 0 heterocycles. The second kappa shape index (κ2) is 4.36. The lowest BCUT2D eigenvalue weighted by atomic mass is 9.94. The molecular formula is C9H3BrF8. The number of hydrogen-bond donors (Lipinski definition) is 0. The highest BCUT2D eigenvalue weighted by atomic mass is 79.9. The summed E-state index contributed by atoms with van der Waals surface area (Å²) in [6.07, 6.45) is -12.5. The van der Waals surface area contributed by atoms with Crippen molar-refractivity contribution >= 4 is 15.9 Å². The van der Waals surface area contributed by atoms with Gasteiger partial charge in [-0.1, -0.05) is 6.07 Å². The maximum Gasteiger partial charge on any atom is 0.435 e. The fourth-order valence-corrected chi connectivity index (χ4v) is 1.45. The van der Waals surface area contributed by atoms with Crippen molar-refractivity contribution in [2.45, 2.75) is 18.0 Å². The van der Waals surface area contributed by atoms with Gasteiger partial charge >= 0.3 is 18.0 Å². The molecule has 0 nitrogen and oxygen atoms in total. The molecule has 0 radical (unpaired) electrons. The van der Waals surface area contributed by atoms with E-state index in [1.807, 2.05) is 0 Å². The van der Waals surface area contributed by atoms with Gasteiger partial charge in [0, 0.05) is 5.56 Å². The maximum absolute atomic E-state index is 13.4. The quantitative estimate of drug-likeness (QED) is 0.638. The Morgan fingerprint density at radius 1 is 0.833 bits per heavy atom. The van der Waals surface area contributed by atoms with Crippen molar-refractivity contribution in [3.05, 3.63) is 34.1 Å². The first kappa shape index (κ1) is 15.2.